The number of amides is 1. The van der Waals surface area contributed by atoms with E-state index < -0.39 is 5.60 Å². The highest BCUT2D eigenvalue weighted by molar-refractivity contribution is 7.99. The predicted molar refractivity (Wildman–Crippen MR) is 70.0 cm³/mol. The molecule has 1 atom stereocenters. The minimum atomic E-state index is -0.791. The van der Waals surface area contributed by atoms with Gasteiger partial charge < -0.3 is 15.4 Å². The minimum absolute atomic E-state index is 0.243. The Bertz CT molecular complexity index is 410. The predicted octanol–water partition coefficient (Wildman–Crippen LogP) is 1.92. The van der Waals surface area contributed by atoms with Crippen LogP contribution in [0.5, 0.6) is 0 Å². The van der Waals surface area contributed by atoms with E-state index in [1.807, 2.05) is 0 Å². The summed E-state index contributed by atoms with van der Waals surface area (Å²) < 4.78 is 0. The number of carbonyl (C=O) groups is 1. The van der Waals surface area contributed by atoms with Crippen LogP contribution in [0.4, 0.5) is 0 Å². The molecule has 2 rings (SSSR count). The van der Waals surface area contributed by atoms with E-state index in [9.17, 15) is 9.90 Å². The Morgan fingerprint density at radius 3 is 2.94 bits per heavy atom. The topological polar surface area (TPSA) is 65.1 Å². The van der Waals surface area contributed by atoms with Gasteiger partial charge in [0.1, 0.15) is 10.8 Å². The number of nitrogens with one attached hydrogen (secondary N) is 2. The van der Waals surface area contributed by atoms with Gasteiger partial charge in [-0.3, -0.25) is 4.79 Å². The second-order valence-corrected chi connectivity index (χ2v) is 5.94. The van der Waals surface area contributed by atoms with Gasteiger partial charge in [0.2, 0.25) is 0 Å². The van der Waals surface area contributed by atoms with E-state index in [-0.39, 0.29) is 17.6 Å². The average Bonchev–Trinajstić information content (AvgIpc) is 2.85. The van der Waals surface area contributed by atoms with Gasteiger partial charge in [-0.2, -0.15) is 11.8 Å². The third kappa shape index (κ3) is 3.10. The highest BCUT2D eigenvalue weighted by Crippen LogP contribution is 2.27. The Labute approximate surface area is 113 Å². The van der Waals surface area contributed by atoms with Crippen LogP contribution in [0, 0.1) is 0 Å². The standard InChI is InChI=1S/C10H12Cl2N2O2S/c11-6-3-7(14-8(6)12)9(15)13-4-10(16)1-2-17-5-10/h3,14,16H,1-2,4-5H2,(H,13,15). The van der Waals surface area contributed by atoms with Crippen LogP contribution in [-0.2, 0) is 0 Å². The molecule has 0 aromatic carbocycles. The fourth-order valence-electron chi connectivity index (χ4n) is 1.60. The molecule has 0 aliphatic carbocycles. The van der Waals surface area contributed by atoms with Crippen LogP contribution in [0.15, 0.2) is 6.07 Å². The third-order valence-corrected chi connectivity index (χ3v) is 4.56. The highest BCUT2D eigenvalue weighted by atomic mass is 35.5. The van der Waals surface area contributed by atoms with Crippen LogP contribution in [0.3, 0.4) is 0 Å². The van der Waals surface area contributed by atoms with Crippen molar-refractivity contribution in [3.05, 3.63) is 21.9 Å². The molecule has 7 heteroatoms. The van der Waals surface area contributed by atoms with Crippen molar-refractivity contribution >= 4 is 40.9 Å². The molecule has 0 bridgehead atoms. The normalized spacial score (nSPS) is 23.9. The smallest absolute Gasteiger partial charge is 0.267 e. The summed E-state index contributed by atoms with van der Waals surface area (Å²) in [6.45, 7) is 0.243. The first-order valence-corrected chi connectivity index (χ1v) is 7.04. The zero-order chi connectivity index (χ0) is 12.5. The number of aromatic amines is 1. The zero-order valence-electron chi connectivity index (χ0n) is 8.93. The van der Waals surface area contributed by atoms with Gasteiger partial charge in [0.25, 0.3) is 5.91 Å². The van der Waals surface area contributed by atoms with Crippen molar-refractivity contribution in [3.63, 3.8) is 0 Å². The second kappa shape index (κ2) is 5.10. The Hall–Kier alpha value is -0.360. The molecule has 1 aliphatic heterocycles. The van der Waals surface area contributed by atoms with E-state index in [0.29, 0.717) is 22.9 Å². The molecular formula is C10H12Cl2N2O2S. The Morgan fingerprint density at radius 2 is 2.41 bits per heavy atom. The molecule has 17 heavy (non-hydrogen) atoms. The highest BCUT2D eigenvalue weighted by Gasteiger charge is 2.32. The fraction of sp³-hybridized carbons (Fsp3) is 0.500. The summed E-state index contributed by atoms with van der Waals surface area (Å²) in [5, 5.41) is 13.3. The summed E-state index contributed by atoms with van der Waals surface area (Å²) in [5.41, 5.74) is -0.491. The van der Waals surface area contributed by atoms with Crippen molar-refractivity contribution < 1.29 is 9.90 Å². The molecule has 4 nitrogen and oxygen atoms in total. The summed E-state index contributed by atoms with van der Waals surface area (Å²) in [7, 11) is 0. The van der Waals surface area contributed by atoms with Crippen LogP contribution in [0.25, 0.3) is 0 Å². The van der Waals surface area contributed by atoms with Crippen LogP contribution in [0.2, 0.25) is 10.2 Å². The molecular weight excluding hydrogens is 283 g/mol. The van der Waals surface area contributed by atoms with Crippen LogP contribution >= 0.6 is 35.0 Å². The molecule has 0 saturated carbocycles. The van der Waals surface area contributed by atoms with Crippen LogP contribution in [-0.4, -0.2) is 39.6 Å². The summed E-state index contributed by atoms with van der Waals surface area (Å²) in [4.78, 5) is 14.4. The molecule has 1 fully saturated rings. The molecule has 2 heterocycles. The first-order valence-electron chi connectivity index (χ1n) is 5.12. The average molecular weight is 295 g/mol. The van der Waals surface area contributed by atoms with Gasteiger partial charge in [0.15, 0.2) is 0 Å². The number of hydrogen-bond donors (Lipinski definition) is 3. The number of rotatable bonds is 3. The van der Waals surface area contributed by atoms with Crippen molar-refractivity contribution in [1.82, 2.24) is 10.3 Å². The lowest BCUT2D eigenvalue weighted by Crippen LogP contribution is -2.43. The van der Waals surface area contributed by atoms with Crippen molar-refractivity contribution in [2.45, 2.75) is 12.0 Å². The molecule has 1 unspecified atom stereocenters. The summed E-state index contributed by atoms with van der Waals surface area (Å²) in [6.07, 6.45) is 0.699. The van der Waals surface area contributed by atoms with Crippen molar-refractivity contribution in [2.24, 2.45) is 0 Å². The SMILES string of the molecule is O=C(NCC1(O)CCSC1)c1cc(Cl)c(Cl)[nH]1. The fourth-order valence-corrected chi connectivity index (χ4v) is 3.21. The second-order valence-electron chi connectivity index (χ2n) is 4.05. The van der Waals surface area contributed by atoms with Gasteiger partial charge in [-0.05, 0) is 18.2 Å². The van der Waals surface area contributed by atoms with Gasteiger partial charge in [0, 0.05) is 12.3 Å². The third-order valence-electron chi connectivity index (χ3n) is 2.63. The largest absolute Gasteiger partial charge is 0.387 e. The molecule has 0 radical (unpaired) electrons. The van der Waals surface area contributed by atoms with E-state index in [1.165, 1.54) is 6.07 Å². The summed E-state index contributed by atoms with van der Waals surface area (Å²) in [5.74, 6) is 1.26. The molecule has 1 amide bonds. The van der Waals surface area contributed by atoms with Gasteiger partial charge in [0.05, 0.1) is 10.6 Å². The number of aliphatic hydroxyl groups is 1. The number of carbonyl (C=O) groups excluding carboxylic acids is 1. The lowest BCUT2D eigenvalue weighted by molar-refractivity contribution is 0.0611. The van der Waals surface area contributed by atoms with E-state index in [4.69, 9.17) is 23.2 Å². The number of H-pyrrole nitrogens is 1. The lowest BCUT2D eigenvalue weighted by atomic mass is 10.0. The molecule has 1 aromatic rings. The van der Waals surface area contributed by atoms with E-state index in [0.717, 1.165) is 5.75 Å². The number of aromatic nitrogens is 1. The minimum Gasteiger partial charge on any atom is -0.387 e. The first-order chi connectivity index (χ1) is 8.00. The molecule has 0 spiro atoms. The van der Waals surface area contributed by atoms with Crippen molar-refractivity contribution in [2.75, 3.05) is 18.1 Å². The summed E-state index contributed by atoms with van der Waals surface area (Å²) >= 11 is 13.1. The molecule has 1 aliphatic rings. The monoisotopic (exact) mass is 294 g/mol. The maximum atomic E-state index is 11.7. The van der Waals surface area contributed by atoms with E-state index in [2.05, 4.69) is 10.3 Å². The quantitative estimate of drug-likeness (QED) is 0.798. The van der Waals surface area contributed by atoms with Crippen LogP contribution in [0.1, 0.15) is 16.9 Å². The first kappa shape index (κ1) is 13.1. The lowest BCUT2D eigenvalue weighted by Gasteiger charge is -2.21. The summed E-state index contributed by atoms with van der Waals surface area (Å²) in [6, 6.07) is 1.46. The Morgan fingerprint density at radius 1 is 1.65 bits per heavy atom. The van der Waals surface area contributed by atoms with Crippen molar-refractivity contribution in [3.8, 4) is 0 Å². The van der Waals surface area contributed by atoms with E-state index in [1.54, 1.807) is 11.8 Å². The molecule has 94 valence electrons. The van der Waals surface area contributed by atoms with Crippen LogP contribution < -0.4 is 5.32 Å². The maximum absolute atomic E-state index is 11.7. The number of hydrogen-bond acceptors (Lipinski definition) is 3. The number of thioether (sulfide) groups is 1. The van der Waals surface area contributed by atoms with Crippen molar-refractivity contribution in [1.29, 1.82) is 0 Å². The maximum Gasteiger partial charge on any atom is 0.267 e. The molecule has 1 aromatic heterocycles. The Balaban J connectivity index is 1.93. The van der Waals surface area contributed by atoms with E-state index >= 15 is 0 Å². The zero-order valence-corrected chi connectivity index (χ0v) is 11.3. The van der Waals surface area contributed by atoms with Gasteiger partial charge in [-0.15, -0.1) is 0 Å². The molecule has 3 N–H and O–H groups in total. The Kier molecular flexibility index (Phi) is 3.92. The molecule has 1 saturated heterocycles. The van der Waals surface area contributed by atoms with Gasteiger partial charge >= 0.3 is 0 Å². The number of halogens is 2. The van der Waals surface area contributed by atoms with Gasteiger partial charge in [-0.25, -0.2) is 0 Å². The van der Waals surface area contributed by atoms with Gasteiger partial charge in [-0.1, -0.05) is 23.2 Å².